The van der Waals surface area contributed by atoms with Crippen LogP contribution < -0.4 is 0 Å². The predicted octanol–water partition coefficient (Wildman–Crippen LogP) is 1.08. The fourth-order valence-electron chi connectivity index (χ4n) is 2.58. The molecule has 3 heteroatoms. The van der Waals surface area contributed by atoms with E-state index in [4.69, 9.17) is 0 Å². The van der Waals surface area contributed by atoms with Crippen LogP contribution >= 0.6 is 0 Å². The Kier molecular flexibility index (Phi) is 2.57. The molecule has 78 valence electrons. The molecule has 1 aliphatic carbocycles. The summed E-state index contributed by atoms with van der Waals surface area (Å²) in [5.41, 5.74) is 0. The second-order valence-corrected chi connectivity index (χ2v) is 4.54. The van der Waals surface area contributed by atoms with Gasteiger partial charge in [-0.15, -0.1) is 0 Å². The molecular formula is C11H17NO2. The molecule has 1 saturated heterocycles. The molecule has 2 atom stereocenters. The monoisotopic (exact) mass is 195 g/mol. The molecule has 3 nitrogen and oxygen atoms in total. The van der Waals surface area contributed by atoms with Gasteiger partial charge in [0.15, 0.2) is 0 Å². The van der Waals surface area contributed by atoms with Crippen molar-refractivity contribution < 1.29 is 9.59 Å². The molecule has 0 spiro atoms. The lowest BCUT2D eigenvalue weighted by Crippen LogP contribution is -2.37. The average Bonchev–Trinajstić information content (AvgIpc) is 2.97. The van der Waals surface area contributed by atoms with Gasteiger partial charge in [0, 0.05) is 25.9 Å². The molecule has 0 radical (unpaired) electrons. The summed E-state index contributed by atoms with van der Waals surface area (Å²) in [6, 6.07) is 0. The van der Waals surface area contributed by atoms with E-state index in [9.17, 15) is 9.59 Å². The molecule has 1 saturated carbocycles. The zero-order valence-corrected chi connectivity index (χ0v) is 8.61. The summed E-state index contributed by atoms with van der Waals surface area (Å²) >= 11 is 0. The van der Waals surface area contributed by atoms with Crippen molar-refractivity contribution in [2.75, 3.05) is 13.1 Å². The molecule has 0 aromatic carbocycles. The van der Waals surface area contributed by atoms with Crippen LogP contribution in [0.25, 0.3) is 0 Å². The molecule has 1 aliphatic heterocycles. The lowest BCUT2D eigenvalue weighted by atomic mass is 9.91. The minimum Gasteiger partial charge on any atom is -0.343 e. The average molecular weight is 195 g/mol. The van der Waals surface area contributed by atoms with Crippen molar-refractivity contribution in [1.82, 2.24) is 4.90 Å². The van der Waals surface area contributed by atoms with E-state index in [-0.39, 0.29) is 5.91 Å². The number of amides is 1. The summed E-state index contributed by atoms with van der Waals surface area (Å²) in [6.07, 6.45) is 4.37. The fourth-order valence-corrected chi connectivity index (χ4v) is 2.58. The standard InChI is InChI=1S/C11H17NO2/c1-8(14)12-4-2-9(3-5-12)11-6-10(11)7-13/h7,9-11H,2-6H2,1H3. The molecule has 1 heterocycles. The van der Waals surface area contributed by atoms with E-state index in [2.05, 4.69) is 0 Å². The number of carbonyl (C=O) groups is 2. The summed E-state index contributed by atoms with van der Waals surface area (Å²) in [4.78, 5) is 23.5. The van der Waals surface area contributed by atoms with E-state index >= 15 is 0 Å². The second kappa shape index (κ2) is 3.71. The van der Waals surface area contributed by atoms with Crippen molar-refractivity contribution >= 4 is 12.2 Å². The molecule has 0 bridgehead atoms. The first-order valence-corrected chi connectivity index (χ1v) is 5.43. The van der Waals surface area contributed by atoms with Crippen molar-refractivity contribution in [3.8, 4) is 0 Å². The van der Waals surface area contributed by atoms with Crippen LogP contribution in [0, 0.1) is 17.8 Å². The number of nitrogens with zero attached hydrogens (tertiary/aromatic N) is 1. The van der Waals surface area contributed by atoms with E-state index in [0.717, 1.165) is 38.6 Å². The van der Waals surface area contributed by atoms with Crippen molar-refractivity contribution in [1.29, 1.82) is 0 Å². The molecule has 0 N–H and O–H groups in total. The van der Waals surface area contributed by atoms with Gasteiger partial charge in [-0.05, 0) is 31.1 Å². The van der Waals surface area contributed by atoms with Gasteiger partial charge in [0.1, 0.15) is 6.29 Å². The van der Waals surface area contributed by atoms with E-state index in [0.29, 0.717) is 17.8 Å². The van der Waals surface area contributed by atoms with Gasteiger partial charge in [-0.2, -0.15) is 0 Å². The lowest BCUT2D eigenvalue weighted by Gasteiger charge is -2.31. The maximum atomic E-state index is 11.1. The lowest BCUT2D eigenvalue weighted by molar-refractivity contribution is -0.130. The first-order valence-electron chi connectivity index (χ1n) is 5.43. The van der Waals surface area contributed by atoms with Crippen LogP contribution in [0.4, 0.5) is 0 Å². The van der Waals surface area contributed by atoms with Crippen LogP contribution in [-0.4, -0.2) is 30.2 Å². The Bertz CT molecular complexity index is 244. The van der Waals surface area contributed by atoms with Crippen LogP contribution in [0.15, 0.2) is 0 Å². The zero-order chi connectivity index (χ0) is 10.1. The highest BCUT2D eigenvalue weighted by molar-refractivity contribution is 5.73. The minimum atomic E-state index is 0.186. The highest BCUT2D eigenvalue weighted by Crippen LogP contribution is 2.46. The largest absolute Gasteiger partial charge is 0.343 e. The number of piperidine rings is 1. The van der Waals surface area contributed by atoms with E-state index in [1.165, 1.54) is 0 Å². The summed E-state index contributed by atoms with van der Waals surface area (Å²) in [7, 11) is 0. The Morgan fingerprint density at radius 2 is 2.00 bits per heavy atom. The van der Waals surface area contributed by atoms with Gasteiger partial charge in [0.05, 0.1) is 0 Å². The maximum Gasteiger partial charge on any atom is 0.219 e. The Hall–Kier alpha value is -0.860. The zero-order valence-electron chi connectivity index (χ0n) is 8.61. The number of likely N-dealkylation sites (tertiary alicyclic amines) is 1. The first kappa shape index (κ1) is 9.69. The highest BCUT2D eigenvalue weighted by Gasteiger charge is 2.43. The van der Waals surface area contributed by atoms with Gasteiger partial charge in [-0.1, -0.05) is 0 Å². The third kappa shape index (κ3) is 1.81. The highest BCUT2D eigenvalue weighted by atomic mass is 16.2. The number of rotatable bonds is 2. The van der Waals surface area contributed by atoms with Crippen LogP contribution in [0.5, 0.6) is 0 Å². The molecule has 2 aliphatic rings. The summed E-state index contributed by atoms with van der Waals surface area (Å²) in [6.45, 7) is 3.41. The van der Waals surface area contributed by atoms with Crippen molar-refractivity contribution in [2.24, 2.45) is 17.8 Å². The Morgan fingerprint density at radius 3 is 2.43 bits per heavy atom. The Balaban J connectivity index is 1.79. The summed E-state index contributed by atoms with van der Waals surface area (Å²) < 4.78 is 0. The van der Waals surface area contributed by atoms with Crippen LogP contribution in [0.1, 0.15) is 26.2 Å². The van der Waals surface area contributed by atoms with Gasteiger partial charge >= 0.3 is 0 Å². The Labute approximate surface area is 84.5 Å². The molecule has 0 aromatic heterocycles. The quantitative estimate of drug-likeness (QED) is 0.618. The molecule has 14 heavy (non-hydrogen) atoms. The number of carbonyl (C=O) groups excluding carboxylic acids is 2. The van der Waals surface area contributed by atoms with Crippen LogP contribution in [0.3, 0.4) is 0 Å². The van der Waals surface area contributed by atoms with Gasteiger partial charge in [0.25, 0.3) is 0 Å². The molecule has 2 unspecified atom stereocenters. The number of hydrogen-bond acceptors (Lipinski definition) is 2. The van der Waals surface area contributed by atoms with E-state index in [1.807, 2.05) is 4.90 Å². The summed E-state index contributed by atoms with van der Waals surface area (Å²) in [5.74, 6) is 1.86. The molecule has 2 fully saturated rings. The minimum absolute atomic E-state index is 0.186. The fraction of sp³-hybridized carbons (Fsp3) is 0.818. The smallest absolute Gasteiger partial charge is 0.219 e. The number of aldehydes is 1. The van der Waals surface area contributed by atoms with Gasteiger partial charge in [-0.25, -0.2) is 0 Å². The maximum absolute atomic E-state index is 11.1. The van der Waals surface area contributed by atoms with Crippen LogP contribution in [0.2, 0.25) is 0 Å². The predicted molar refractivity (Wildman–Crippen MR) is 52.6 cm³/mol. The van der Waals surface area contributed by atoms with Gasteiger partial charge < -0.3 is 9.69 Å². The SMILES string of the molecule is CC(=O)N1CCC(C2CC2C=O)CC1. The normalized spacial score (nSPS) is 32.8. The topological polar surface area (TPSA) is 37.4 Å². The summed E-state index contributed by atoms with van der Waals surface area (Å²) in [5, 5.41) is 0. The molecule has 0 aromatic rings. The molecule has 2 rings (SSSR count). The molecular weight excluding hydrogens is 178 g/mol. The van der Waals surface area contributed by atoms with E-state index in [1.54, 1.807) is 6.92 Å². The molecule has 1 amide bonds. The number of hydrogen-bond donors (Lipinski definition) is 0. The third-order valence-electron chi connectivity index (χ3n) is 3.66. The van der Waals surface area contributed by atoms with Crippen molar-refractivity contribution in [3.05, 3.63) is 0 Å². The first-order chi connectivity index (χ1) is 6.72. The third-order valence-corrected chi connectivity index (χ3v) is 3.66. The van der Waals surface area contributed by atoms with Gasteiger partial charge in [0.2, 0.25) is 5.91 Å². The Morgan fingerprint density at radius 1 is 1.36 bits per heavy atom. The van der Waals surface area contributed by atoms with E-state index < -0.39 is 0 Å². The van der Waals surface area contributed by atoms with Crippen molar-refractivity contribution in [3.63, 3.8) is 0 Å². The van der Waals surface area contributed by atoms with Crippen molar-refractivity contribution in [2.45, 2.75) is 26.2 Å². The van der Waals surface area contributed by atoms with Gasteiger partial charge in [-0.3, -0.25) is 4.79 Å². The second-order valence-electron chi connectivity index (χ2n) is 4.54. The van der Waals surface area contributed by atoms with Crippen LogP contribution in [-0.2, 0) is 9.59 Å².